The Balaban J connectivity index is 2.09. The molecule has 2 aromatic rings. The van der Waals surface area contributed by atoms with Crippen LogP contribution in [0.2, 0.25) is 0 Å². The van der Waals surface area contributed by atoms with Crippen LogP contribution in [0.15, 0.2) is 29.6 Å². The van der Waals surface area contributed by atoms with Crippen molar-refractivity contribution in [1.82, 2.24) is 5.32 Å². The molecule has 1 heterocycles. The molecule has 0 amide bonds. The van der Waals surface area contributed by atoms with Crippen LogP contribution >= 0.6 is 11.3 Å². The van der Waals surface area contributed by atoms with Crippen molar-refractivity contribution in [1.29, 1.82) is 0 Å². The zero-order valence-corrected chi connectivity index (χ0v) is 12.7. The number of hydrogen-bond acceptors (Lipinski definition) is 5. The smallest absolute Gasteiger partial charge is 0.200 e. The molecule has 0 saturated carbocycles. The molecule has 4 nitrogen and oxygen atoms in total. The molecule has 108 valence electrons. The Morgan fingerprint density at radius 3 is 2.40 bits per heavy atom. The zero-order chi connectivity index (χ0) is 14.5. The van der Waals surface area contributed by atoms with Gasteiger partial charge in [-0.15, -0.1) is 11.3 Å². The van der Waals surface area contributed by atoms with Crippen LogP contribution in [0.1, 0.15) is 23.4 Å². The normalized spacial score (nSPS) is 12.2. The molecule has 2 rings (SSSR count). The molecule has 1 aromatic carbocycles. The predicted molar refractivity (Wildman–Crippen MR) is 80.8 cm³/mol. The van der Waals surface area contributed by atoms with E-state index in [0.29, 0.717) is 18.0 Å². The molecule has 20 heavy (non-hydrogen) atoms. The molecular formula is C15H19NO3S. The molecule has 0 fully saturated rings. The molecule has 5 heteroatoms. The maximum atomic E-state index is 9.87. The van der Waals surface area contributed by atoms with Crippen LogP contribution in [0.25, 0.3) is 0 Å². The molecular weight excluding hydrogens is 274 g/mol. The Morgan fingerprint density at radius 2 is 1.90 bits per heavy atom. The van der Waals surface area contributed by atoms with Crippen LogP contribution in [-0.2, 0) is 6.54 Å². The largest absolute Gasteiger partial charge is 0.502 e. The van der Waals surface area contributed by atoms with Crippen molar-refractivity contribution >= 4 is 11.3 Å². The van der Waals surface area contributed by atoms with Crippen LogP contribution in [0, 0.1) is 0 Å². The van der Waals surface area contributed by atoms with E-state index in [1.165, 1.54) is 19.1 Å². The highest BCUT2D eigenvalue weighted by molar-refractivity contribution is 7.10. The van der Waals surface area contributed by atoms with E-state index in [1.807, 2.05) is 18.2 Å². The lowest BCUT2D eigenvalue weighted by Crippen LogP contribution is -2.17. The molecule has 1 aromatic heterocycles. The lowest BCUT2D eigenvalue weighted by molar-refractivity contribution is 0.339. The molecule has 0 bridgehead atoms. The summed E-state index contributed by atoms with van der Waals surface area (Å²) in [5, 5.41) is 15.4. The number of aromatic hydroxyl groups is 1. The van der Waals surface area contributed by atoms with Crippen molar-refractivity contribution in [3.63, 3.8) is 0 Å². The molecule has 1 unspecified atom stereocenters. The number of phenols is 1. The number of ether oxygens (including phenoxy) is 2. The van der Waals surface area contributed by atoms with E-state index in [2.05, 4.69) is 23.7 Å². The Labute approximate surface area is 123 Å². The highest BCUT2D eigenvalue weighted by Crippen LogP contribution is 2.37. The Hall–Kier alpha value is -1.72. The topological polar surface area (TPSA) is 50.7 Å². The molecule has 0 aliphatic rings. The van der Waals surface area contributed by atoms with Gasteiger partial charge in [0.2, 0.25) is 5.75 Å². The van der Waals surface area contributed by atoms with Gasteiger partial charge in [-0.25, -0.2) is 0 Å². The highest BCUT2D eigenvalue weighted by Gasteiger charge is 2.12. The summed E-state index contributed by atoms with van der Waals surface area (Å²) in [7, 11) is 3.06. The Morgan fingerprint density at radius 1 is 1.25 bits per heavy atom. The van der Waals surface area contributed by atoms with Gasteiger partial charge in [0.15, 0.2) is 11.5 Å². The summed E-state index contributed by atoms with van der Waals surface area (Å²) in [6.07, 6.45) is 0. The first-order chi connectivity index (χ1) is 9.65. The summed E-state index contributed by atoms with van der Waals surface area (Å²) in [5.41, 5.74) is 1.000. The average Bonchev–Trinajstić information content (AvgIpc) is 3.00. The van der Waals surface area contributed by atoms with E-state index >= 15 is 0 Å². The molecule has 1 atom stereocenters. The predicted octanol–water partition coefficient (Wildman–Crippen LogP) is 3.32. The first-order valence-corrected chi connectivity index (χ1v) is 7.24. The van der Waals surface area contributed by atoms with Crippen LogP contribution in [0.3, 0.4) is 0 Å². The van der Waals surface area contributed by atoms with Crippen LogP contribution in [0.4, 0.5) is 0 Å². The summed E-state index contributed by atoms with van der Waals surface area (Å²) < 4.78 is 10.3. The van der Waals surface area contributed by atoms with E-state index in [4.69, 9.17) is 9.47 Å². The summed E-state index contributed by atoms with van der Waals surface area (Å²) in [4.78, 5) is 1.29. The van der Waals surface area contributed by atoms with E-state index in [1.54, 1.807) is 11.3 Å². The number of hydrogen-bond donors (Lipinski definition) is 2. The quantitative estimate of drug-likeness (QED) is 0.858. The Kier molecular flexibility index (Phi) is 4.87. The Bertz CT molecular complexity index is 529. The van der Waals surface area contributed by atoms with E-state index in [9.17, 15) is 5.11 Å². The van der Waals surface area contributed by atoms with E-state index < -0.39 is 0 Å². The van der Waals surface area contributed by atoms with Gasteiger partial charge in [-0.1, -0.05) is 6.07 Å². The van der Waals surface area contributed by atoms with Crippen molar-refractivity contribution in [3.05, 3.63) is 40.1 Å². The molecule has 2 N–H and O–H groups in total. The molecule has 0 radical (unpaired) electrons. The number of benzene rings is 1. The summed E-state index contributed by atoms with van der Waals surface area (Å²) in [6, 6.07) is 8.06. The maximum absolute atomic E-state index is 9.87. The van der Waals surface area contributed by atoms with Gasteiger partial charge in [0.05, 0.1) is 14.2 Å². The molecule has 0 saturated heterocycles. The van der Waals surface area contributed by atoms with Crippen LogP contribution in [-0.4, -0.2) is 19.3 Å². The van der Waals surface area contributed by atoms with E-state index in [0.717, 1.165) is 5.56 Å². The van der Waals surface area contributed by atoms with E-state index in [-0.39, 0.29) is 11.8 Å². The van der Waals surface area contributed by atoms with Crippen molar-refractivity contribution in [2.75, 3.05) is 14.2 Å². The summed E-state index contributed by atoms with van der Waals surface area (Å²) >= 11 is 1.73. The monoisotopic (exact) mass is 293 g/mol. The SMILES string of the molecule is COc1cc(CNC(C)c2cccs2)cc(OC)c1O. The van der Waals surface area contributed by atoms with Crippen molar-refractivity contribution in [2.45, 2.75) is 19.5 Å². The fraction of sp³-hybridized carbons (Fsp3) is 0.333. The lowest BCUT2D eigenvalue weighted by atomic mass is 10.1. The minimum Gasteiger partial charge on any atom is -0.502 e. The highest BCUT2D eigenvalue weighted by atomic mass is 32.1. The molecule has 0 aliphatic heterocycles. The molecule has 0 aliphatic carbocycles. The number of methoxy groups -OCH3 is 2. The van der Waals surface area contributed by atoms with Crippen molar-refractivity contribution in [3.8, 4) is 17.2 Å². The number of thiophene rings is 1. The third-order valence-electron chi connectivity index (χ3n) is 3.12. The lowest BCUT2D eigenvalue weighted by Gasteiger charge is -2.14. The van der Waals surface area contributed by atoms with Crippen molar-refractivity contribution < 1.29 is 14.6 Å². The van der Waals surface area contributed by atoms with Crippen LogP contribution in [0.5, 0.6) is 17.2 Å². The first kappa shape index (κ1) is 14.7. The fourth-order valence-electron chi connectivity index (χ4n) is 1.96. The standard InChI is InChI=1S/C15H19NO3S/c1-10(14-5-4-6-20-14)16-9-11-7-12(18-2)15(17)13(8-11)19-3/h4-8,10,16-17H,9H2,1-3H3. The van der Waals surface area contributed by atoms with Gasteiger partial charge in [0, 0.05) is 17.5 Å². The minimum atomic E-state index is 0.0325. The third-order valence-corrected chi connectivity index (χ3v) is 4.18. The first-order valence-electron chi connectivity index (χ1n) is 6.36. The second kappa shape index (κ2) is 6.63. The number of rotatable bonds is 6. The molecule has 0 spiro atoms. The van der Waals surface area contributed by atoms with Gasteiger partial charge in [-0.3, -0.25) is 0 Å². The maximum Gasteiger partial charge on any atom is 0.200 e. The van der Waals surface area contributed by atoms with Crippen molar-refractivity contribution in [2.24, 2.45) is 0 Å². The van der Waals surface area contributed by atoms with Gasteiger partial charge in [0.25, 0.3) is 0 Å². The fourth-order valence-corrected chi connectivity index (χ4v) is 2.72. The second-order valence-electron chi connectivity index (χ2n) is 4.47. The number of nitrogens with one attached hydrogen (secondary N) is 1. The number of phenolic OH excluding ortho intramolecular Hbond substituents is 1. The third kappa shape index (κ3) is 3.23. The zero-order valence-electron chi connectivity index (χ0n) is 11.8. The van der Waals surface area contributed by atoms with Gasteiger partial charge < -0.3 is 19.9 Å². The van der Waals surface area contributed by atoms with Gasteiger partial charge in [-0.2, -0.15) is 0 Å². The van der Waals surface area contributed by atoms with Gasteiger partial charge >= 0.3 is 0 Å². The van der Waals surface area contributed by atoms with Crippen LogP contribution < -0.4 is 14.8 Å². The van der Waals surface area contributed by atoms with Gasteiger partial charge in [0.1, 0.15) is 0 Å². The van der Waals surface area contributed by atoms with Gasteiger partial charge in [-0.05, 0) is 36.1 Å². The average molecular weight is 293 g/mol. The minimum absolute atomic E-state index is 0.0325. The summed E-state index contributed by atoms with van der Waals surface area (Å²) in [6.45, 7) is 2.80. The second-order valence-corrected chi connectivity index (χ2v) is 5.45. The summed E-state index contributed by atoms with van der Waals surface area (Å²) in [5.74, 6) is 0.875.